The topological polar surface area (TPSA) is 76.2 Å². The van der Waals surface area contributed by atoms with Crippen LogP contribution in [0.15, 0.2) is 24.9 Å². The van der Waals surface area contributed by atoms with E-state index < -0.39 is 0 Å². The zero-order chi connectivity index (χ0) is 16.2. The van der Waals surface area contributed by atoms with Crippen LogP contribution in [-0.2, 0) is 4.74 Å². The molecule has 0 radical (unpaired) electrons. The molecule has 2 aromatic heterocycles. The minimum Gasteiger partial charge on any atom is -0.474 e. The minimum atomic E-state index is 0.201. The maximum absolute atomic E-state index is 6.00. The average Bonchev–Trinajstić information content (AvgIpc) is 3.18. The van der Waals surface area contributed by atoms with Crippen molar-refractivity contribution in [2.24, 2.45) is 0 Å². The molecule has 0 bridgehead atoms. The molecule has 128 valence electrons. The highest BCUT2D eigenvalue weighted by Gasteiger charge is 2.23. The van der Waals surface area contributed by atoms with E-state index in [1.54, 1.807) is 12.7 Å². The number of imidazole rings is 1. The lowest BCUT2D eigenvalue weighted by Gasteiger charge is -2.32. The molecular weight excluding hydrogens is 306 g/mol. The van der Waals surface area contributed by atoms with Gasteiger partial charge in [0, 0.05) is 49.8 Å². The molecular formula is C17H23N5O2. The summed E-state index contributed by atoms with van der Waals surface area (Å²) in [7, 11) is 0. The first-order valence-corrected chi connectivity index (χ1v) is 8.68. The molecule has 2 aliphatic rings. The Labute approximate surface area is 141 Å². The van der Waals surface area contributed by atoms with Gasteiger partial charge in [0.25, 0.3) is 0 Å². The van der Waals surface area contributed by atoms with Crippen LogP contribution < -0.4 is 9.64 Å². The van der Waals surface area contributed by atoms with E-state index >= 15 is 0 Å². The van der Waals surface area contributed by atoms with Gasteiger partial charge in [-0.2, -0.15) is 0 Å². The maximum Gasteiger partial charge on any atom is 0.218 e. The van der Waals surface area contributed by atoms with Crippen molar-refractivity contribution < 1.29 is 9.47 Å². The highest BCUT2D eigenvalue weighted by Crippen LogP contribution is 2.29. The van der Waals surface area contributed by atoms with E-state index in [1.807, 2.05) is 12.3 Å². The Morgan fingerprint density at radius 2 is 1.96 bits per heavy atom. The van der Waals surface area contributed by atoms with Gasteiger partial charge in [-0.1, -0.05) is 0 Å². The number of nitrogens with zero attached hydrogens (tertiary/aromatic N) is 4. The first-order valence-electron chi connectivity index (χ1n) is 8.68. The van der Waals surface area contributed by atoms with Crippen molar-refractivity contribution in [1.82, 2.24) is 19.9 Å². The van der Waals surface area contributed by atoms with Crippen LogP contribution in [0, 0.1) is 0 Å². The molecule has 0 aliphatic carbocycles. The number of aromatic nitrogens is 4. The monoisotopic (exact) mass is 329 g/mol. The molecule has 4 rings (SSSR count). The summed E-state index contributed by atoms with van der Waals surface area (Å²) in [5.74, 6) is 2.18. The summed E-state index contributed by atoms with van der Waals surface area (Å²) in [4.78, 5) is 18.4. The van der Waals surface area contributed by atoms with E-state index in [-0.39, 0.29) is 6.10 Å². The van der Waals surface area contributed by atoms with Crippen LogP contribution >= 0.6 is 0 Å². The van der Waals surface area contributed by atoms with Crippen LogP contribution in [0.5, 0.6) is 5.88 Å². The Balaban J connectivity index is 1.37. The van der Waals surface area contributed by atoms with Crippen LogP contribution in [0.1, 0.15) is 37.3 Å². The number of ether oxygens (including phenoxy) is 2. The van der Waals surface area contributed by atoms with Gasteiger partial charge in [-0.05, 0) is 12.8 Å². The highest BCUT2D eigenvalue weighted by atomic mass is 16.5. The summed E-state index contributed by atoms with van der Waals surface area (Å²) in [6, 6.07) is 1.96. The fourth-order valence-corrected chi connectivity index (χ4v) is 3.44. The summed E-state index contributed by atoms with van der Waals surface area (Å²) < 4.78 is 11.4. The molecule has 2 fully saturated rings. The molecule has 2 aromatic rings. The van der Waals surface area contributed by atoms with E-state index in [0.29, 0.717) is 11.8 Å². The van der Waals surface area contributed by atoms with Crippen LogP contribution in [0.3, 0.4) is 0 Å². The summed E-state index contributed by atoms with van der Waals surface area (Å²) in [5, 5.41) is 0. The van der Waals surface area contributed by atoms with Gasteiger partial charge in [-0.25, -0.2) is 15.0 Å². The van der Waals surface area contributed by atoms with Crippen molar-refractivity contribution in [2.75, 3.05) is 31.2 Å². The molecule has 7 heteroatoms. The zero-order valence-electron chi connectivity index (χ0n) is 13.7. The Hall–Kier alpha value is -2.15. The molecule has 1 N–H and O–H groups in total. The SMILES string of the molecule is c1nc(OC2CCOCC2)cc(N2CCC(c3cnc[nH]3)CC2)n1. The first kappa shape index (κ1) is 15.4. The normalized spacial score (nSPS) is 20.2. The molecule has 0 amide bonds. The van der Waals surface area contributed by atoms with Crippen molar-refractivity contribution >= 4 is 5.82 Å². The van der Waals surface area contributed by atoms with Gasteiger partial charge in [0.1, 0.15) is 18.2 Å². The number of H-pyrrole nitrogens is 1. The summed E-state index contributed by atoms with van der Waals surface area (Å²) in [6.45, 7) is 3.50. The molecule has 24 heavy (non-hydrogen) atoms. The Bertz CT molecular complexity index is 634. The molecule has 0 saturated carbocycles. The molecule has 2 aliphatic heterocycles. The van der Waals surface area contributed by atoms with Crippen LogP contribution in [0.25, 0.3) is 0 Å². The van der Waals surface area contributed by atoms with Crippen molar-refractivity contribution in [2.45, 2.75) is 37.7 Å². The smallest absolute Gasteiger partial charge is 0.218 e. The minimum absolute atomic E-state index is 0.201. The number of hydrogen-bond acceptors (Lipinski definition) is 6. The molecule has 7 nitrogen and oxygen atoms in total. The molecule has 4 heterocycles. The summed E-state index contributed by atoms with van der Waals surface area (Å²) in [6.07, 6.45) is 9.55. The number of rotatable bonds is 4. The van der Waals surface area contributed by atoms with Crippen molar-refractivity contribution in [3.63, 3.8) is 0 Å². The molecule has 0 unspecified atom stereocenters. The number of anilines is 1. The van der Waals surface area contributed by atoms with Gasteiger partial charge in [-0.15, -0.1) is 0 Å². The second-order valence-electron chi connectivity index (χ2n) is 6.41. The molecule has 0 atom stereocenters. The lowest BCUT2D eigenvalue weighted by atomic mass is 9.94. The average molecular weight is 329 g/mol. The predicted molar refractivity (Wildman–Crippen MR) is 89.3 cm³/mol. The lowest BCUT2D eigenvalue weighted by Crippen LogP contribution is -2.33. The lowest BCUT2D eigenvalue weighted by molar-refractivity contribution is 0.0237. The predicted octanol–water partition coefficient (Wildman–Crippen LogP) is 2.14. The van der Waals surface area contributed by atoms with Crippen LogP contribution in [-0.4, -0.2) is 52.3 Å². The number of aromatic amines is 1. The third kappa shape index (κ3) is 3.51. The Kier molecular flexibility index (Phi) is 4.60. The van der Waals surface area contributed by atoms with Gasteiger partial charge in [0.05, 0.1) is 19.5 Å². The van der Waals surface area contributed by atoms with Gasteiger partial charge in [0.15, 0.2) is 0 Å². The quantitative estimate of drug-likeness (QED) is 0.926. The molecule has 0 aromatic carbocycles. The second-order valence-corrected chi connectivity index (χ2v) is 6.41. The summed E-state index contributed by atoms with van der Waals surface area (Å²) >= 11 is 0. The standard InChI is InChI=1S/C17H23N5O2/c1-5-22(6-2-13(1)15-10-18-11-19-15)16-9-17(21-12-20-16)24-14-3-7-23-8-4-14/h9-14H,1-8H2,(H,18,19). The van der Waals surface area contributed by atoms with Crippen LogP contribution in [0.2, 0.25) is 0 Å². The fraction of sp³-hybridized carbons (Fsp3) is 0.588. The van der Waals surface area contributed by atoms with Gasteiger partial charge in [0.2, 0.25) is 5.88 Å². The fourth-order valence-electron chi connectivity index (χ4n) is 3.44. The Morgan fingerprint density at radius 3 is 2.71 bits per heavy atom. The largest absolute Gasteiger partial charge is 0.474 e. The second kappa shape index (κ2) is 7.17. The summed E-state index contributed by atoms with van der Waals surface area (Å²) in [5.41, 5.74) is 1.24. The number of hydrogen-bond donors (Lipinski definition) is 1. The van der Waals surface area contributed by atoms with E-state index in [4.69, 9.17) is 9.47 Å². The van der Waals surface area contributed by atoms with Crippen molar-refractivity contribution in [1.29, 1.82) is 0 Å². The van der Waals surface area contributed by atoms with E-state index in [9.17, 15) is 0 Å². The third-order valence-corrected chi connectivity index (χ3v) is 4.86. The zero-order valence-corrected chi connectivity index (χ0v) is 13.7. The number of nitrogens with one attached hydrogen (secondary N) is 1. The van der Waals surface area contributed by atoms with E-state index in [2.05, 4.69) is 24.8 Å². The third-order valence-electron chi connectivity index (χ3n) is 4.86. The highest BCUT2D eigenvalue weighted by molar-refractivity contribution is 5.41. The molecule has 2 saturated heterocycles. The van der Waals surface area contributed by atoms with E-state index in [0.717, 1.165) is 57.8 Å². The number of piperidine rings is 1. The Morgan fingerprint density at radius 1 is 1.12 bits per heavy atom. The maximum atomic E-state index is 6.00. The van der Waals surface area contributed by atoms with E-state index in [1.165, 1.54) is 5.69 Å². The van der Waals surface area contributed by atoms with Crippen molar-refractivity contribution in [3.8, 4) is 5.88 Å². The van der Waals surface area contributed by atoms with Gasteiger partial charge < -0.3 is 19.4 Å². The molecule has 0 spiro atoms. The van der Waals surface area contributed by atoms with Crippen molar-refractivity contribution in [3.05, 3.63) is 30.6 Å². The van der Waals surface area contributed by atoms with Crippen LogP contribution in [0.4, 0.5) is 5.82 Å². The van der Waals surface area contributed by atoms with Gasteiger partial charge in [-0.3, -0.25) is 0 Å². The first-order chi connectivity index (χ1) is 11.9. The van der Waals surface area contributed by atoms with Gasteiger partial charge >= 0.3 is 0 Å².